The first-order chi connectivity index (χ1) is 14.4. The predicted molar refractivity (Wildman–Crippen MR) is 126 cm³/mol. The Balaban J connectivity index is 2.17. The van der Waals surface area contributed by atoms with Gasteiger partial charge in [-0.1, -0.05) is 46.3 Å². The summed E-state index contributed by atoms with van der Waals surface area (Å²) in [6.45, 7) is 10.9. The Labute approximate surface area is 192 Å². The average Bonchev–Trinajstić information content (AvgIpc) is 2.66. The van der Waals surface area contributed by atoms with E-state index in [4.69, 9.17) is 9.47 Å². The molecule has 1 aliphatic heterocycles. The van der Waals surface area contributed by atoms with Gasteiger partial charge in [-0.25, -0.2) is 4.79 Å². The fraction of sp³-hybridized carbons (Fsp3) is 0.360. The first-order valence-electron chi connectivity index (χ1n) is 10.2. The summed E-state index contributed by atoms with van der Waals surface area (Å²) in [7, 11) is 0. The molecule has 2 aromatic rings. The largest absolute Gasteiger partial charge is 0.443 e. The molecule has 164 valence electrons. The molecule has 1 unspecified atom stereocenters. The van der Waals surface area contributed by atoms with Gasteiger partial charge in [-0.2, -0.15) is 0 Å². The number of carbonyl (C=O) groups excluding carboxylic acids is 2. The van der Waals surface area contributed by atoms with E-state index in [1.807, 2.05) is 90.1 Å². The van der Waals surface area contributed by atoms with Crippen LogP contribution in [0.3, 0.4) is 0 Å². The number of benzene rings is 2. The van der Waals surface area contributed by atoms with Crippen molar-refractivity contribution in [1.29, 1.82) is 0 Å². The van der Waals surface area contributed by atoms with E-state index < -0.39 is 23.2 Å². The van der Waals surface area contributed by atoms with Crippen LogP contribution in [0.15, 0.2) is 59.1 Å². The van der Waals surface area contributed by atoms with Gasteiger partial charge in [-0.3, -0.25) is 9.69 Å². The molecule has 1 atom stereocenters. The summed E-state index contributed by atoms with van der Waals surface area (Å²) in [6.07, 6.45) is 1.33. The van der Waals surface area contributed by atoms with Gasteiger partial charge < -0.3 is 9.47 Å². The lowest BCUT2D eigenvalue weighted by atomic mass is 9.95. The van der Waals surface area contributed by atoms with Crippen LogP contribution in [0.2, 0.25) is 0 Å². The summed E-state index contributed by atoms with van der Waals surface area (Å²) in [5.41, 5.74) is 0.815. The zero-order valence-electron chi connectivity index (χ0n) is 18.7. The van der Waals surface area contributed by atoms with Crippen molar-refractivity contribution in [3.63, 3.8) is 0 Å². The number of nitrogens with zero attached hydrogens (tertiary/aromatic N) is 1. The van der Waals surface area contributed by atoms with Crippen molar-refractivity contribution in [2.75, 3.05) is 4.90 Å². The van der Waals surface area contributed by atoms with Crippen LogP contribution in [0.4, 0.5) is 10.5 Å². The van der Waals surface area contributed by atoms with Crippen molar-refractivity contribution in [3.05, 3.63) is 70.2 Å². The molecule has 0 aliphatic carbocycles. The van der Waals surface area contributed by atoms with Crippen molar-refractivity contribution in [1.82, 2.24) is 0 Å². The third-order valence-corrected chi connectivity index (χ3v) is 5.11. The first-order valence-corrected chi connectivity index (χ1v) is 11.0. The normalized spacial score (nSPS) is 16.3. The molecule has 0 bridgehead atoms. The van der Waals surface area contributed by atoms with Crippen molar-refractivity contribution >= 4 is 39.4 Å². The zero-order valence-corrected chi connectivity index (χ0v) is 20.3. The molecule has 5 nitrogen and oxygen atoms in total. The Morgan fingerprint density at radius 2 is 1.61 bits per heavy atom. The molecule has 0 aromatic heterocycles. The Morgan fingerprint density at radius 1 is 0.968 bits per heavy atom. The molecule has 31 heavy (non-hydrogen) atoms. The molecule has 1 aliphatic rings. The summed E-state index contributed by atoms with van der Waals surface area (Å²) >= 11 is 3.49. The number of anilines is 1. The molecule has 2 aromatic carbocycles. The van der Waals surface area contributed by atoms with E-state index in [1.165, 1.54) is 0 Å². The van der Waals surface area contributed by atoms with Crippen molar-refractivity contribution in [2.45, 2.75) is 53.2 Å². The monoisotopic (exact) mass is 485 g/mol. The average molecular weight is 486 g/mol. The van der Waals surface area contributed by atoms with Crippen molar-refractivity contribution in [2.24, 2.45) is 5.41 Å². The van der Waals surface area contributed by atoms with E-state index in [-0.39, 0.29) is 5.97 Å². The fourth-order valence-electron chi connectivity index (χ4n) is 3.13. The number of carbonyl (C=O) groups is 2. The Hall–Kier alpha value is -2.60. The number of hydrogen-bond acceptors (Lipinski definition) is 4. The maximum Gasteiger partial charge on any atom is 0.415 e. The van der Waals surface area contributed by atoms with E-state index in [9.17, 15) is 9.59 Å². The predicted octanol–water partition coefficient (Wildman–Crippen LogP) is 6.88. The maximum atomic E-state index is 13.3. The summed E-state index contributed by atoms with van der Waals surface area (Å²) < 4.78 is 12.4. The van der Waals surface area contributed by atoms with E-state index in [1.54, 1.807) is 11.0 Å². The molecule has 0 N–H and O–H groups in total. The molecule has 0 fully saturated rings. The molecular formula is C25H28BrNO4. The lowest BCUT2D eigenvalue weighted by Crippen LogP contribution is -2.41. The molecule has 0 saturated heterocycles. The van der Waals surface area contributed by atoms with Gasteiger partial charge in [0.15, 0.2) is 0 Å². The molecule has 6 heteroatoms. The highest BCUT2D eigenvalue weighted by Gasteiger charge is 2.37. The smallest absolute Gasteiger partial charge is 0.415 e. The highest BCUT2D eigenvalue weighted by atomic mass is 79.9. The van der Waals surface area contributed by atoms with Crippen LogP contribution < -0.4 is 4.90 Å². The SMILES string of the molecule is CC(C)(C)OC(=O)N1c2ccc(Br)cc2C(OC(=O)C(C)(C)C)=CC1c1ccccc1. The Morgan fingerprint density at radius 3 is 2.19 bits per heavy atom. The molecule has 0 spiro atoms. The minimum atomic E-state index is -0.669. The van der Waals surface area contributed by atoms with E-state index >= 15 is 0 Å². The molecule has 1 heterocycles. The van der Waals surface area contributed by atoms with Gasteiger partial charge in [0, 0.05) is 10.0 Å². The highest BCUT2D eigenvalue weighted by Crippen LogP contribution is 2.43. The van der Waals surface area contributed by atoms with Gasteiger partial charge in [0.1, 0.15) is 11.4 Å². The summed E-state index contributed by atoms with van der Waals surface area (Å²) in [4.78, 5) is 27.6. The molecule has 3 rings (SSSR count). The maximum absolute atomic E-state index is 13.3. The van der Waals surface area contributed by atoms with Crippen LogP contribution in [0.1, 0.15) is 58.7 Å². The van der Waals surface area contributed by atoms with Crippen molar-refractivity contribution in [3.8, 4) is 0 Å². The van der Waals surface area contributed by atoms with Gasteiger partial charge in [-0.05, 0) is 71.4 Å². The quantitative estimate of drug-likeness (QED) is 0.435. The third kappa shape index (κ3) is 5.37. The van der Waals surface area contributed by atoms with E-state index in [0.29, 0.717) is 17.0 Å². The Bertz CT molecular complexity index is 1020. The molecule has 0 saturated carbocycles. The van der Waals surface area contributed by atoms with Gasteiger partial charge in [-0.15, -0.1) is 0 Å². The second-order valence-electron chi connectivity index (χ2n) is 9.54. The topological polar surface area (TPSA) is 55.8 Å². The van der Waals surface area contributed by atoms with E-state index in [2.05, 4.69) is 15.9 Å². The number of ether oxygens (including phenoxy) is 2. The molecular weight excluding hydrogens is 458 g/mol. The lowest BCUT2D eigenvalue weighted by Gasteiger charge is -2.37. The standard InChI is InChI=1S/C25H28BrNO4/c1-24(2,3)22(28)30-21-15-20(16-10-8-7-9-11-16)27(23(29)31-25(4,5)6)19-13-12-17(26)14-18(19)21/h7-15,20H,1-6H3. The number of halogens is 1. The minimum absolute atomic E-state index is 0.345. The van der Waals surface area contributed by atoms with Gasteiger partial charge >= 0.3 is 12.1 Å². The van der Waals surface area contributed by atoms with Crippen LogP contribution in [-0.4, -0.2) is 17.7 Å². The van der Waals surface area contributed by atoms with Crippen LogP contribution >= 0.6 is 15.9 Å². The number of rotatable bonds is 2. The van der Waals surface area contributed by atoms with E-state index in [0.717, 1.165) is 10.0 Å². The van der Waals surface area contributed by atoms with Crippen molar-refractivity contribution < 1.29 is 19.1 Å². The summed E-state index contributed by atoms with van der Waals surface area (Å²) in [6, 6.07) is 14.6. The number of fused-ring (bicyclic) bond motifs is 1. The summed E-state index contributed by atoms with van der Waals surface area (Å²) in [5, 5.41) is 0. The number of amides is 1. The lowest BCUT2D eigenvalue weighted by molar-refractivity contribution is -0.145. The second-order valence-corrected chi connectivity index (χ2v) is 10.5. The molecule has 1 amide bonds. The van der Waals surface area contributed by atoms with Gasteiger partial charge in [0.25, 0.3) is 0 Å². The Kier molecular flexibility index (Phi) is 6.33. The van der Waals surface area contributed by atoms with Gasteiger partial charge in [0.2, 0.25) is 0 Å². The number of esters is 1. The minimum Gasteiger partial charge on any atom is -0.443 e. The second kappa shape index (κ2) is 8.50. The van der Waals surface area contributed by atoms with Crippen LogP contribution in [0, 0.1) is 5.41 Å². The number of hydrogen-bond donors (Lipinski definition) is 0. The first kappa shape index (κ1) is 23.1. The van der Waals surface area contributed by atoms with Crippen LogP contribution in [-0.2, 0) is 14.3 Å². The van der Waals surface area contributed by atoms with Gasteiger partial charge in [0.05, 0.1) is 17.1 Å². The van der Waals surface area contributed by atoms with Crippen LogP contribution in [0.25, 0.3) is 5.76 Å². The fourth-order valence-corrected chi connectivity index (χ4v) is 3.49. The third-order valence-electron chi connectivity index (χ3n) is 4.62. The summed E-state index contributed by atoms with van der Waals surface area (Å²) in [5.74, 6) is 0.0760. The highest BCUT2D eigenvalue weighted by molar-refractivity contribution is 9.10. The van der Waals surface area contributed by atoms with Crippen LogP contribution in [0.5, 0.6) is 0 Å². The molecule has 0 radical (unpaired) electrons. The zero-order chi connectivity index (χ0) is 23.0.